The van der Waals surface area contributed by atoms with Crippen LogP contribution in [0.1, 0.15) is 17.0 Å². The lowest BCUT2D eigenvalue weighted by atomic mass is 10.1. The summed E-state index contributed by atoms with van der Waals surface area (Å²) in [5, 5.41) is 0. The fourth-order valence-corrected chi connectivity index (χ4v) is 4.99. The Morgan fingerprint density at radius 2 is 1.65 bits per heavy atom. The molecule has 1 aromatic heterocycles. The average Bonchev–Trinajstić information content (AvgIpc) is 3.17. The van der Waals surface area contributed by atoms with Gasteiger partial charge >= 0.3 is 0 Å². The molecule has 0 saturated carbocycles. The molecule has 0 spiro atoms. The molecule has 3 aromatic carbocycles. The molecule has 4 aromatic rings. The van der Waals surface area contributed by atoms with Gasteiger partial charge < -0.3 is 9.47 Å². The quantitative estimate of drug-likeness (QED) is 0.474. The number of imidazole rings is 1. The maximum absolute atomic E-state index is 13.7. The van der Waals surface area contributed by atoms with Crippen LogP contribution in [-0.2, 0) is 10.0 Å². The Morgan fingerprint density at radius 1 is 0.903 bits per heavy atom. The Bertz CT molecular complexity index is 1400. The molecule has 6 nitrogen and oxygen atoms in total. The van der Waals surface area contributed by atoms with Crippen LogP contribution in [0.3, 0.4) is 0 Å². The average molecular weight is 433 g/mol. The molecule has 7 heteroatoms. The molecule has 0 radical (unpaired) electrons. The van der Waals surface area contributed by atoms with Crippen molar-refractivity contribution in [3.63, 3.8) is 0 Å². The molecule has 0 atom stereocenters. The van der Waals surface area contributed by atoms with Crippen molar-refractivity contribution in [3.8, 4) is 11.5 Å². The van der Waals surface area contributed by atoms with Crippen LogP contribution in [0.25, 0.3) is 23.2 Å². The number of benzene rings is 3. The molecule has 156 valence electrons. The summed E-state index contributed by atoms with van der Waals surface area (Å²) < 4.78 is 39.7. The van der Waals surface area contributed by atoms with Crippen molar-refractivity contribution in [1.82, 2.24) is 8.96 Å². The first-order valence-corrected chi connectivity index (χ1v) is 11.3. The molecule has 31 heavy (non-hydrogen) atoms. The van der Waals surface area contributed by atoms with Crippen molar-refractivity contribution in [2.24, 2.45) is 0 Å². The zero-order valence-electron chi connectivity index (χ0n) is 16.9. The molecule has 2 heterocycles. The highest BCUT2D eigenvalue weighted by Crippen LogP contribution is 2.34. The first kappa shape index (κ1) is 19.4. The SMILES string of the molecule is Cc1ccc(/C=C/c2nc3ccccc3n2S(=O)(=O)c2ccc3c(c2)OCCO3)cc1. The smallest absolute Gasteiger partial charge is 0.270 e. The molecule has 0 saturated heterocycles. The maximum atomic E-state index is 13.7. The number of ether oxygens (including phenoxy) is 2. The van der Waals surface area contributed by atoms with Crippen LogP contribution in [0.4, 0.5) is 0 Å². The second kappa shape index (κ2) is 7.59. The molecular weight excluding hydrogens is 412 g/mol. The van der Waals surface area contributed by atoms with E-state index in [4.69, 9.17) is 9.47 Å². The van der Waals surface area contributed by atoms with E-state index in [9.17, 15) is 8.42 Å². The number of aromatic nitrogens is 2. The second-order valence-corrected chi connectivity index (χ2v) is 9.06. The lowest BCUT2D eigenvalue weighted by molar-refractivity contribution is 0.171. The lowest BCUT2D eigenvalue weighted by Gasteiger charge is -2.19. The molecule has 1 aliphatic rings. The molecule has 0 amide bonds. The monoisotopic (exact) mass is 432 g/mol. The highest BCUT2D eigenvalue weighted by atomic mass is 32.2. The van der Waals surface area contributed by atoms with E-state index in [1.807, 2.05) is 43.3 Å². The number of fused-ring (bicyclic) bond motifs is 2. The predicted molar refractivity (Wildman–Crippen MR) is 120 cm³/mol. The van der Waals surface area contributed by atoms with Gasteiger partial charge in [0, 0.05) is 6.07 Å². The minimum absolute atomic E-state index is 0.116. The summed E-state index contributed by atoms with van der Waals surface area (Å²) in [5.41, 5.74) is 3.24. The molecule has 0 N–H and O–H groups in total. The molecule has 5 rings (SSSR count). The zero-order valence-corrected chi connectivity index (χ0v) is 17.7. The van der Waals surface area contributed by atoms with E-state index in [1.54, 1.807) is 30.3 Å². The molecule has 0 unspecified atom stereocenters. The Balaban J connectivity index is 1.64. The summed E-state index contributed by atoms with van der Waals surface area (Å²) >= 11 is 0. The van der Waals surface area contributed by atoms with Crippen molar-refractivity contribution in [2.75, 3.05) is 13.2 Å². The van der Waals surface area contributed by atoms with Gasteiger partial charge in [0.15, 0.2) is 11.5 Å². The lowest BCUT2D eigenvalue weighted by Crippen LogP contribution is -2.18. The predicted octanol–water partition coefficient (Wildman–Crippen LogP) is 4.52. The van der Waals surface area contributed by atoms with E-state index in [2.05, 4.69) is 4.98 Å². The minimum atomic E-state index is -3.93. The van der Waals surface area contributed by atoms with Crippen LogP contribution in [0.2, 0.25) is 0 Å². The number of nitrogens with zero attached hydrogens (tertiary/aromatic N) is 2. The topological polar surface area (TPSA) is 70.4 Å². The molecule has 1 aliphatic heterocycles. The summed E-state index contributed by atoms with van der Waals surface area (Å²) in [6, 6.07) is 19.8. The van der Waals surface area contributed by atoms with Gasteiger partial charge in [0.25, 0.3) is 10.0 Å². The van der Waals surface area contributed by atoms with Crippen LogP contribution in [-0.4, -0.2) is 30.6 Å². The van der Waals surface area contributed by atoms with Gasteiger partial charge in [-0.2, -0.15) is 0 Å². The number of aryl methyl sites for hydroxylation is 1. The maximum Gasteiger partial charge on any atom is 0.270 e. The third kappa shape index (κ3) is 3.57. The molecule has 0 bridgehead atoms. The fourth-order valence-electron chi connectivity index (χ4n) is 3.52. The van der Waals surface area contributed by atoms with E-state index in [-0.39, 0.29) is 4.90 Å². The van der Waals surface area contributed by atoms with Gasteiger partial charge in [0.2, 0.25) is 0 Å². The van der Waals surface area contributed by atoms with Gasteiger partial charge in [0.1, 0.15) is 19.0 Å². The molecule has 0 aliphatic carbocycles. The third-order valence-corrected chi connectivity index (χ3v) is 6.81. The summed E-state index contributed by atoms with van der Waals surface area (Å²) in [7, 11) is -3.93. The van der Waals surface area contributed by atoms with E-state index in [0.717, 1.165) is 11.1 Å². The van der Waals surface area contributed by atoms with Gasteiger partial charge in [-0.25, -0.2) is 17.4 Å². The van der Waals surface area contributed by atoms with Gasteiger partial charge in [-0.3, -0.25) is 0 Å². The van der Waals surface area contributed by atoms with Crippen molar-refractivity contribution in [1.29, 1.82) is 0 Å². The highest BCUT2D eigenvalue weighted by Gasteiger charge is 2.25. The standard InChI is InChI=1S/C24H20N2O4S/c1-17-6-8-18(9-7-17)10-13-24-25-20-4-2-3-5-21(20)26(24)31(27,28)19-11-12-22-23(16-19)30-15-14-29-22/h2-13,16H,14-15H2,1H3/b13-10+. The highest BCUT2D eigenvalue weighted by molar-refractivity contribution is 7.90. The number of rotatable bonds is 4. The van der Waals surface area contributed by atoms with Crippen molar-refractivity contribution in [3.05, 3.63) is 83.7 Å². The van der Waals surface area contributed by atoms with Crippen molar-refractivity contribution in [2.45, 2.75) is 11.8 Å². The Labute approximate surface area is 180 Å². The first-order chi connectivity index (χ1) is 15.0. The van der Waals surface area contributed by atoms with Gasteiger partial charge in [-0.1, -0.05) is 48.0 Å². The normalized spacial score (nSPS) is 13.7. The van der Waals surface area contributed by atoms with Gasteiger partial charge in [-0.05, 0) is 42.8 Å². The number of hydrogen-bond donors (Lipinski definition) is 0. The molecular formula is C24H20N2O4S. The summed E-state index contributed by atoms with van der Waals surface area (Å²) in [6.45, 7) is 2.85. The van der Waals surface area contributed by atoms with Gasteiger partial charge in [0.05, 0.1) is 15.9 Å². The van der Waals surface area contributed by atoms with Crippen LogP contribution in [0.15, 0.2) is 71.6 Å². The summed E-state index contributed by atoms with van der Waals surface area (Å²) in [5.74, 6) is 1.30. The van der Waals surface area contributed by atoms with E-state index >= 15 is 0 Å². The van der Waals surface area contributed by atoms with Crippen LogP contribution < -0.4 is 9.47 Å². The van der Waals surface area contributed by atoms with Crippen LogP contribution in [0, 0.1) is 6.92 Å². The van der Waals surface area contributed by atoms with Gasteiger partial charge in [-0.15, -0.1) is 0 Å². The van der Waals surface area contributed by atoms with Crippen LogP contribution >= 0.6 is 0 Å². The first-order valence-electron chi connectivity index (χ1n) is 9.90. The number of hydrogen-bond acceptors (Lipinski definition) is 5. The van der Waals surface area contributed by atoms with Crippen molar-refractivity contribution < 1.29 is 17.9 Å². The zero-order chi connectivity index (χ0) is 21.4. The fraction of sp³-hybridized carbons (Fsp3) is 0.125. The number of para-hydroxylation sites is 2. The largest absolute Gasteiger partial charge is 0.486 e. The Hall–Kier alpha value is -3.58. The Kier molecular flexibility index (Phi) is 4.75. The van der Waals surface area contributed by atoms with E-state index in [0.29, 0.717) is 41.6 Å². The summed E-state index contributed by atoms with van der Waals surface area (Å²) in [4.78, 5) is 4.68. The third-order valence-electron chi connectivity index (χ3n) is 5.10. The molecule has 0 fully saturated rings. The summed E-state index contributed by atoms with van der Waals surface area (Å²) in [6.07, 6.45) is 3.58. The van der Waals surface area contributed by atoms with E-state index < -0.39 is 10.0 Å². The van der Waals surface area contributed by atoms with Crippen LogP contribution in [0.5, 0.6) is 11.5 Å². The van der Waals surface area contributed by atoms with E-state index in [1.165, 1.54) is 16.1 Å². The Morgan fingerprint density at radius 3 is 2.45 bits per heavy atom. The minimum Gasteiger partial charge on any atom is -0.486 e. The second-order valence-electron chi connectivity index (χ2n) is 7.28. The van der Waals surface area contributed by atoms with Crippen molar-refractivity contribution >= 4 is 33.2 Å².